The molecule has 11 heteroatoms. The maximum Gasteiger partial charge on any atom is 0.404 e. The quantitative estimate of drug-likeness (QED) is 0.327. The van der Waals surface area contributed by atoms with E-state index in [-0.39, 0.29) is 36.2 Å². The molecule has 2 unspecified atom stereocenters. The Kier molecular flexibility index (Phi) is 8.95. The van der Waals surface area contributed by atoms with Crippen molar-refractivity contribution in [2.75, 3.05) is 32.5 Å². The van der Waals surface area contributed by atoms with Crippen molar-refractivity contribution in [3.05, 3.63) is 65.9 Å². The van der Waals surface area contributed by atoms with Gasteiger partial charge in [-0.05, 0) is 36.1 Å². The molecule has 0 aliphatic carbocycles. The zero-order valence-corrected chi connectivity index (χ0v) is 22.2. The number of benzene rings is 2. The highest BCUT2D eigenvalue weighted by molar-refractivity contribution is 7.89. The van der Waals surface area contributed by atoms with Gasteiger partial charge < -0.3 is 25.7 Å². The van der Waals surface area contributed by atoms with Crippen LogP contribution in [0.15, 0.2) is 59.6 Å². The lowest BCUT2D eigenvalue weighted by Gasteiger charge is -2.30. The highest BCUT2D eigenvalue weighted by Crippen LogP contribution is 2.34. The van der Waals surface area contributed by atoms with Gasteiger partial charge in [0.1, 0.15) is 0 Å². The molecule has 0 spiro atoms. The molecule has 2 aromatic rings. The van der Waals surface area contributed by atoms with Crippen molar-refractivity contribution in [2.24, 2.45) is 5.92 Å². The fourth-order valence-corrected chi connectivity index (χ4v) is 5.84. The normalized spacial score (nSPS) is 16.0. The smallest absolute Gasteiger partial charge is 0.404 e. The molecule has 2 atom stereocenters. The maximum atomic E-state index is 13.8. The summed E-state index contributed by atoms with van der Waals surface area (Å²) in [5, 5.41) is 25.4. The summed E-state index contributed by atoms with van der Waals surface area (Å²) in [6.45, 7) is 3.51. The monoisotopic (exact) mass is 530 g/mol. The molecule has 0 aromatic heterocycles. The Morgan fingerprint density at radius 2 is 1.78 bits per heavy atom. The van der Waals surface area contributed by atoms with Crippen molar-refractivity contribution in [2.45, 2.75) is 37.3 Å². The van der Waals surface area contributed by atoms with Crippen LogP contribution in [0, 0.1) is 5.92 Å². The van der Waals surface area contributed by atoms with Crippen LogP contribution in [0.1, 0.15) is 25.0 Å². The number of carboxylic acid groups (broad SMARTS) is 1. The zero-order chi connectivity index (χ0) is 27.3. The number of aliphatic hydroxyl groups is 1. The fourth-order valence-electron chi connectivity index (χ4n) is 4.19. The molecule has 3 rings (SSSR count). The molecular formula is C26H34N4O6S. The molecule has 37 heavy (non-hydrogen) atoms. The van der Waals surface area contributed by atoms with E-state index in [4.69, 9.17) is 0 Å². The molecule has 2 amide bonds. The van der Waals surface area contributed by atoms with Crippen LogP contribution < -0.4 is 10.6 Å². The van der Waals surface area contributed by atoms with E-state index in [1.807, 2.05) is 44.2 Å². The average molecular weight is 531 g/mol. The summed E-state index contributed by atoms with van der Waals surface area (Å²) >= 11 is 0. The number of sulfonamides is 1. The van der Waals surface area contributed by atoms with E-state index in [0.717, 1.165) is 5.56 Å². The van der Waals surface area contributed by atoms with Crippen molar-refractivity contribution >= 4 is 33.3 Å². The third kappa shape index (κ3) is 7.09. The van der Waals surface area contributed by atoms with Crippen molar-refractivity contribution in [3.8, 4) is 0 Å². The molecular weight excluding hydrogens is 496 g/mol. The zero-order valence-electron chi connectivity index (χ0n) is 21.4. The largest absolute Gasteiger partial charge is 0.465 e. The lowest BCUT2D eigenvalue weighted by molar-refractivity contribution is -0.110. The molecule has 0 bridgehead atoms. The van der Waals surface area contributed by atoms with E-state index in [1.54, 1.807) is 31.3 Å². The van der Waals surface area contributed by atoms with Gasteiger partial charge in [0.05, 0.1) is 22.6 Å². The van der Waals surface area contributed by atoms with Crippen molar-refractivity contribution in [3.63, 3.8) is 0 Å². The second kappa shape index (κ2) is 11.8. The van der Waals surface area contributed by atoms with Gasteiger partial charge in [-0.3, -0.25) is 4.79 Å². The first kappa shape index (κ1) is 28.2. The van der Waals surface area contributed by atoms with Gasteiger partial charge in [-0.15, -0.1) is 0 Å². The van der Waals surface area contributed by atoms with Crippen LogP contribution in [0.3, 0.4) is 0 Å². The maximum absolute atomic E-state index is 13.8. The molecule has 1 aliphatic rings. The number of aliphatic hydroxyl groups excluding tert-OH is 1. The minimum atomic E-state index is -4.10. The summed E-state index contributed by atoms with van der Waals surface area (Å²) < 4.78 is 28.7. The van der Waals surface area contributed by atoms with Crippen LogP contribution in [0.4, 0.5) is 10.5 Å². The van der Waals surface area contributed by atoms with E-state index < -0.39 is 28.3 Å². The van der Waals surface area contributed by atoms with Crippen LogP contribution >= 0.6 is 0 Å². The number of nitrogens with one attached hydrogen (secondary N) is 2. The number of carbonyl (C=O) groups excluding carboxylic acids is 1. The van der Waals surface area contributed by atoms with Gasteiger partial charge in [-0.2, -0.15) is 4.31 Å². The second-order valence-electron chi connectivity index (χ2n) is 9.70. The number of carbonyl (C=O) groups is 2. The molecule has 10 nitrogen and oxygen atoms in total. The summed E-state index contributed by atoms with van der Waals surface area (Å²) in [7, 11) is -0.568. The number of nitrogens with zero attached hydrogens (tertiary/aromatic N) is 2. The number of amides is 2. The lowest BCUT2D eigenvalue weighted by Crippen LogP contribution is -2.50. The molecule has 1 heterocycles. The molecule has 0 saturated heterocycles. The first-order valence-electron chi connectivity index (χ1n) is 11.9. The topological polar surface area (TPSA) is 139 Å². The number of hydrogen-bond acceptors (Lipinski definition) is 6. The number of rotatable bonds is 11. The van der Waals surface area contributed by atoms with Gasteiger partial charge in [0, 0.05) is 44.6 Å². The predicted molar refractivity (Wildman–Crippen MR) is 141 cm³/mol. The summed E-state index contributed by atoms with van der Waals surface area (Å²) in [6, 6.07) is 12.6. The van der Waals surface area contributed by atoms with E-state index in [2.05, 4.69) is 10.6 Å². The minimum Gasteiger partial charge on any atom is -0.465 e. The Morgan fingerprint density at radius 3 is 2.38 bits per heavy atom. The third-order valence-corrected chi connectivity index (χ3v) is 7.66. The molecule has 0 fully saturated rings. The standard InChI is InChI=1S/C26H34N4O6S/c1-17(2)14-30(16-24(31)23(28-26(33)34)12-18-8-6-5-7-9-18)37(35,36)19-10-11-22-20(13-19)21(15-29(3)4)25(32)27-22/h5-11,13,15,17,23-24,28,31H,12,14,16H2,1-4H3,(H,27,32)(H,33,34). The third-order valence-electron chi connectivity index (χ3n) is 5.83. The Labute approximate surface area is 217 Å². The highest BCUT2D eigenvalue weighted by Gasteiger charge is 2.33. The fraction of sp³-hybridized carbons (Fsp3) is 0.385. The molecule has 2 aromatic carbocycles. The minimum absolute atomic E-state index is 0.0222. The van der Waals surface area contributed by atoms with Gasteiger partial charge in [0.2, 0.25) is 10.0 Å². The summed E-state index contributed by atoms with van der Waals surface area (Å²) in [4.78, 5) is 25.5. The summed E-state index contributed by atoms with van der Waals surface area (Å²) in [5.41, 5.74) is 2.14. The van der Waals surface area contributed by atoms with E-state index in [0.29, 0.717) is 16.8 Å². The van der Waals surface area contributed by atoms with Crippen LogP contribution in [0.2, 0.25) is 0 Å². The Balaban J connectivity index is 1.93. The van der Waals surface area contributed by atoms with Crippen LogP contribution in [-0.4, -0.2) is 79.2 Å². The van der Waals surface area contributed by atoms with E-state index in [1.165, 1.54) is 16.4 Å². The molecule has 1 aliphatic heterocycles. The van der Waals surface area contributed by atoms with E-state index >= 15 is 0 Å². The van der Waals surface area contributed by atoms with Gasteiger partial charge >= 0.3 is 6.09 Å². The van der Waals surface area contributed by atoms with Crippen LogP contribution in [-0.2, 0) is 21.2 Å². The SMILES string of the molecule is CC(C)CN(CC(O)C(Cc1ccccc1)NC(=O)O)S(=O)(=O)c1ccc2c(c1)C(=CN(C)C)C(=O)N2. The van der Waals surface area contributed by atoms with Gasteiger partial charge in [0.25, 0.3) is 5.91 Å². The van der Waals surface area contributed by atoms with Gasteiger partial charge in [-0.25, -0.2) is 13.2 Å². The van der Waals surface area contributed by atoms with Gasteiger partial charge in [0.15, 0.2) is 0 Å². The van der Waals surface area contributed by atoms with Crippen LogP contribution in [0.25, 0.3) is 5.57 Å². The Bertz CT molecular complexity index is 1260. The summed E-state index contributed by atoms with van der Waals surface area (Å²) in [6.07, 6.45) is -0.810. The Morgan fingerprint density at radius 1 is 1.11 bits per heavy atom. The molecule has 0 saturated carbocycles. The first-order chi connectivity index (χ1) is 17.4. The highest BCUT2D eigenvalue weighted by atomic mass is 32.2. The van der Waals surface area contributed by atoms with Gasteiger partial charge in [-0.1, -0.05) is 44.2 Å². The summed E-state index contributed by atoms with van der Waals surface area (Å²) in [5.74, 6) is -0.389. The van der Waals surface area contributed by atoms with Crippen molar-refractivity contribution in [1.82, 2.24) is 14.5 Å². The molecule has 0 radical (unpaired) electrons. The van der Waals surface area contributed by atoms with Crippen LogP contribution in [0.5, 0.6) is 0 Å². The van der Waals surface area contributed by atoms with Crippen molar-refractivity contribution in [1.29, 1.82) is 0 Å². The number of hydrogen-bond donors (Lipinski definition) is 4. The lowest BCUT2D eigenvalue weighted by atomic mass is 10.0. The van der Waals surface area contributed by atoms with E-state index in [9.17, 15) is 28.2 Å². The average Bonchev–Trinajstić information content (AvgIpc) is 3.12. The van der Waals surface area contributed by atoms with Crippen molar-refractivity contribution < 1.29 is 28.2 Å². The Hall–Kier alpha value is -3.41. The second-order valence-corrected chi connectivity index (χ2v) is 11.6. The number of anilines is 1. The molecule has 4 N–H and O–H groups in total. The first-order valence-corrected chi connectivity index (χ1v) is 13.4. The number of fused-ring (bicyclic) bond motifs is 1. The predicted octanol–water partition coefficient (Wildman–Crippen LogP) is 2.43. The molecule has 200 valence electrons.